The van der Waals surface area contributed by atoms with Crippen molar-refractivity contribution in [1.29, 1.82) is 5.26 Å². The Kier molecular flexibility index (Phi) is 5.13. The summed E-state index contributed by atoms with van der Waals surface area (Å²) < 4.78 is 1.31. The largest absolute Gasteiger partial charge is 0.349 e. The van der Waals surface area contributed by atoms with Gasteiger partial charge in [0.15, 0.2) is 5.78 Å². The Labute approximate surface area is 156 Å². The molecule has 3 aromatic rings. The maximum Gasteiger partial charge on any atom is 0.291 e. The average molecular weight is 358 g/mol. The van der Waals surface area contributed by atoms with Crippen LogP contribution in [0, 0.1) is 11.3 Å². The molecule has 0 saturated carbocycles. The molecule has 1 aromatic heterocycles. The molecule has 0 atom stereocenters. The van der Waals surface area contributed by atoms with Crippen molar-refractivity contribution in [1.82, 2.24) is 9.78 Å². The van der Waals surface area contributed by atoms with Gasteiger partial charge in [-0.25, -0.2) is 4.68 Å². The van der Waals surface area contributed by atoms with Crippen LogP contribution < -0.4 is 10.9 Å². The van der Waals surface area contributed by atoms with Gasteiger partial charge in [0.25, 0.3) is 5.56 Å². The van der Waals surface area contributed by atoms with E-state index >= 15 is 0 Å². The number of nitriles is 1. The van der Waals surface area contributed by atoms with Crippen LogP contribution in [0.25, 0.3) is 11.3 Å². The molecule has 1 N–H and O–H groups in total. The van der Waals surface area contributed by atoms with Crippen molar-refractivity contribution in [3.63, 3.8) is 0 Å². The average Bonchev–Trinajstić information content (AvgIpc) is 2.70. The summed E-state index contributed by atoms with van der Waals surface area (Å²) in [5.41, 5.74) is 1.95. The predicted octanol–water partition coefficient (Wildman–Crippen LogP) is 3.75. The minimum Gasteiger partial charge on any atom is -0.349 e. The van der Waals surface area contributed by atoms with Gasteiger partial charge in [-0.1, -0.05) is 42.5 Å². The molecule has 0 amide bonds. The lowest BCUT2D eigenvalue weighted by Crippen LogP contribution is -2.28. The van der Waals surface area contributed by atoms with Gasteiger partial charge in [-0.3, -0.25) is 9.59 Å². The van der Waals surface area contributed by atoms with E-state index < -0.39 is 5.56 Å². The monoisotopic (exact) mass is 358 g/mol. The fraction of sp³-hybridized carbons (Fsp3) is 0.143. The van der Waals surface area contributed by atoms with Crippen LogP contribution in [0.5, 0.6) is 0 Å². The van der Waals surface area contributed by atoms with Crippen molar-refractivity contribution in [2.75, 3.05) is 5.32 Å². The Morgan fingerprint density at radius 2 is 1.81 bits per heavy atom. The number of rotatable bonds is 5. The van der Waals surface area contributed by atoms with Crippen molar-refractivity contribution >= 4 is 17.2 Å². The topological polar surface area (TPSA) is 87.8 Å². The highest BCUT2D eigenvalue weighted by Gasteiger charge is 2.22. The summed E-state index contributed by atoms with van der Waals surface area (Å²) in [6.45, 7) is 3.57. The second-order valence-electron chi connectivity index (χ2n) is 5.92. The summed E-state index contributed by atoms with van der Waals surface area (Å²) in [7, 11) is 0. The summed E-state index contributed by atoms with van der Waals surface area (Å²) in [5.74, 6) is -0.279. The Bertz CT molecular complexity index is 1100. The molecule has 2 aromatic carbocycles. The molecule has 0 aliphatic rings. The van der Waals surface area contributed by atoms with Crippen LogP contribution in [0.4, 0.5) is 11.4 Å². The van der Waals surface area contributed by atoms with Gasteiger partial charge >= 0.3 is 0 Å². The van der Waals surface area contributed by atoms with Gasteiger partial charge in [0.2, 0.25) is 0 Å². The standard InChI is InChI=1S/C21H18N4O2/c1-3-25-21(27)20(23-17-12-8-7-11-16(17)13-22)18(14(2)26)19(24-25)15-9-5-4-6-10-15/h4-12,23H,3H2,1-2H3. The number of nitrogens with one attached hydrogen (secondary N) is 1. The number of ketones is 1. The summed E-state index contributed by atoms with van der Waals surface area (Å²) >= 11 is 0. The van der Waals surface area contributed by atoms with Gasteiger partial charge in [-0.05, 0) is 26.0 Å². The number of para-hydroxylation sites is 1. The lowest BCUT2D eigenvalue weighted by molar-refractivity contribution is 0.101. The third-order valence-electron chi connectivity index (χ3n) is 4.16. The number of anilines is 2. The smallest absolute Gasteiger partial charge is 0.291 e. The number of nitrogens with zero attached hydrogens (tertiary/aromatic N) is 3. The van der Waals surface area contributed by atoms with Gasteiger partial charge < -0.3 is 5.32 Å². The SMILES string of the molecule is CCn1nc(-c2ccccc2)c(C(C)=O)c(Nc2ccccc2C#N)c1=O. The molecule has 0 radical (unpaired) electrons. The van der Waals surface area contributed by atoms with Crippen LogP contribution in [-0.2, 0) is 6.54 Å². The van der Waals surface area contributed by atoms with Crippen LogP contribution in [0.2, 0.25) is 0 Å². The number of aryl methyl sites for hydroxylation is 1. The Morgan fingerprint density at radius 3 is 2.44 bits per heavy atom. The first-order valence-electron chi connectivity index (χ1n) is 8.54. The third kappa shape index (κ3) is 3.48. The van der Waals surface area contributed by atoms with Gasteiger partial charge in [0.05, 0.1) is 16.8 Å². The second-order valence-corrected chi connectivity index (χ2v) is 5.92. The van der Waals surface area contributed by atoms with E-state index in [1.54, 1.807) is 24.3 Å². The van der Waals surface area contributed by atoms with Crippen molar-refractivity contribution in [3.05, 3.63) is 76.1 Å². The maximum absolute atomic E-state index is 12.9. The lowest BCUT2D eigenvalue weighted by Gasteiger charge is -2.16. The van der Waals surface area contributed by atoms with Crippen molar-refractivity contribution in [3.8, 4) is 17.3 Å². The Morgan fingerprint density at radius 1 is 1.15 bits per heavy atom. The molecule has 134 valence electrons. The molecule has 0 unspecified atom stereocenters. The molecule has 0 aliphatic carbocycles. The normalized spacial score (nSPS) is 10.3. The van der Waals surface area contributed by atoms with Gasteiger partial charge in [-0.15, -0.1) is 0 Å². The molecule has 0 saturated heterocycles. The molecular formula is C21H18N4O2. The number of carbonyl (C=O) groups is 1. The Balaban J connectivity index is 2.31. The zero-order chi connectivity index (χ0) is 19.4. The van der Waals surface area contributed by atoms with E-state index in [-0.39, 0.29) is 17.0 Å². The fourth-order valence-corrected chi connectivity index (χ4v) is 2.87. The van der Waals surface area contributed by atoms with Crippen molar-refractivity contribution in [2.45, 2.75) is 20.4 Å². The highest BCUT2D eigenvalue weighted by atomic mass is 16.1. The quantitative estimate of drug-likeness (QED) is 0.702. The van der Waals surface area contributed by atoms with Gasteiger partial charge in [0, 0.05) is 12.1 Å². The minimum absolute atomic E-state index is 0.126. The number of carbonyl (C=O) groups excluding carboxylic acids is 1. The third-order valence-corrected chi connectivity index (χ3v) is 4.16. The first-order valence-corrected chi connectivity index (χ1v) is 8.54. The fourth-order valence-electron chi connectivity index (χ4n) is 2.87. The number of benzene rings is 2. The van der Waals surface area contributed by atoms with Crippen molar-refractivity contribution < 1.29 is 4.79 Å². The molecule has 0 aliphatic heterocycles. The summed E-state index contributed by atoms with van der Waals surface area (Å²) in [6, 6.07) is 18.2. The van der Waals surface area contributed by atoms with E-state index in [0.717, 1.165) is 5.56 Å². The Hall–Kier alpha value is -3.72. The predicted molar refractivity (Wildman–Crippen MR) is 104 cm³/mol. The number of hydrogen-bond donors (Lipinski definition) is 1. The highest BCUT2D eigenvalue weighted by Crippen LogP contribution is 2.28. The van der Waals surface area contributed by atoms with E-state index in [0.29, 0.717) is 23.5 Å². The second kappa shape index (κ2) is 7.67. The summed E-state index contributed by atoms with van der Waals surface area (Å²) in [5, 5.41) is 16.7. The zero-order valence-electron chi connectivity index (χ0n) is 15.1. The van der Waals surface area contributed by atoms with Crippen LogP contribution in [0.1, 0.15) is 29.8 Å². The van der Waals surface area contributed by atoms with Crippen LogP contribution in [0.15, 0.2) is 59.4 Å². The molecule has 27 heavy (non-hydrogen) atoms. The molecule has 0 fully saturated rings. The van der Waals surface area contributed by atoms with Crippen molar-refractivity contribution in [2.24, 2.45) is 0 Å². The first-order chi connectivity index (χ1) is 13.1. The van der Waals surface area contributed by atoms with E-state index in [1.807, 2.05) is 37.3 Å². The number of aromatic nitrogens is 2. The number of hydrogen-bond acceptors (Lipinski definition) is 5. The molecule has 0 spiro atoms. The van der Waals surface area contributed by atoms with E-state index in [9.17, 15) is 14.9 Å². The maximum atomic E-state index is 12.9. The molecule has 0 bridgehead atoms. The van der Waals surface area contributed by atoms with E-state index in [1.165, 1.54) is 11.6 Å². The lowest BCUT2D eigenvalue weighted by atomic mass is 10.0. The minimum atomic E-state index is -0.407. The summed E-state index contributed by atoms with van der Waals surface area (Å²) in [4.78, 5) is 25.4. The molecule has 6 nitrogen and oxygen atoms in total. The summed E-state index contributed by atoms with van der Waals surface area (Å²) in [6.07, 6.45) is 0. The molecule has 1 heterocycles. The molecular weight excluding hydrogens is 340 g/mol. The highest BCUT2D eigenvalue weighted by molar-refractivity contribution is 6.05. The van der Waals surface area contributed by atoms with E-state index in [4.69, 9.17) is 0 Å². The van der Waals surface area contributed by atoms with Crippen LogP contribution in [-0.4, -0.2) is 15.6 Å². The molecule has 6 heteroatoms. The number of Topliss-reactive ketones (excluding diaryl/α,β-unsaturated/α-hetero) is 1. The van der Waals surface area contributed by atoms with Crippen LogP contribution in [0.3, 0.4) is 0 Å². The van der Waals surface area contributed by atoms with Gasteiger partial charge in [0.1, 0.15) is 17.5 Å². The van der Waals surface area contributed by atoms with Gasteiger partial charge in [-0.2, -0.15) is 10.4 Å². The van der Waals surface area contributed by atoms with Crippen LogP contribution >= 0.6 is 0 Å². The zero-order valence-corrected chi connectivity index (χ0v) is 15.1. The molecule has 3 rings (SSSR count). The van der Waals surface area contributed by atoms with E-state index in [2.05, 4.69) is 16.5 Å². The first kappa shape index (κ1) is 18.1.